The number of piperazine rings is 1. The number of amides is 2. The highest BCUT2D eigenvalue weighted by molar-refractivity contribution is 5.91. The van der Waals surface area contributed by atoms with Crippen LogP contribution in [0.5, 0.6) is 0 Å². The van der Waals surface area contributed by atoms with Crippen molar-refractivity contribution in [2.45, 2.75) is 27.2 Å². The van der Waals surface area contributed by atoms with Gasteiger partial charge in [0.15, 0.2) is 0 Å². The first-order valence-corrected chi connectivity index (χ1v) is 6.97. The molecule has 0 bridgehead atoms. The molecule has 0 radical (unpaired) electrons. The van der Waals surface area contributed by atoms with Gasteiger partial charge in [0.25, 0.3) is 5.91 Å². The van der Waals surface area contributed by atoms with Gasteiger partial charge in [-0.25, -0.2) is 0 Å². The molecule has 1 aliphatic heterocycles. The van der Waals surface area contributed by atoms with Crippen molar-refractivity contribution in [1.29, 1.82) is 0 Å². The Kier molecular flexibility index (Phi) is 4.42. The Balaban J connectivity index is 1.88. The third kappa shape index (κ3) is 3.37. The molecule has 0 aromatic carbocycles. The minimum atomic E-state index is -0.151. The Morgan fingerprint density at radius 2 is 1.85 bits per heavy atom. The molecule has 1 saturated heterocycles. The summed E-state index contributed by atoms with van der Waals surface area (Å²) < 4.78 is 4.98. The van der Waals surface area contributed by atoms with Gasteiger partial charge in [-0.2, -0.15) is 0 Å². The van der Waals surface area contributed by atoms with Crippen molar-refractivity contribution in [3.8, 4) is 0 Å². The summed E-state index contributed by atoms with van der Waals surface area (Å²) in [5, 5.41) is 3.72. The van der Waals surface area contributed by atoms with E-state index < -0.39 is 0 Å². The maximum Gasteiger partial charge on any atom is 0.292 e. The molecule has 0 spiro atoms. The van der Waals surface area contributed by atoms with Gasteiger partial charge in [-0.3, -0.25) is 9.59 Å². The molecule has 0 unspecified atom stereocenters. The summed E-state index contributed by atoms with van der Waals surface area (Å²) in [5.41, 5.74) is 0.694. The fraction of sp³-hybridized carbons (Fsp3) is 0.643. The van der Waals surface area contributed by atoms with Crippen LogP contribution in [0.1, 0.15) is 36.5 Å². The summed E-state index contributed by atoms with van der Waals surface area (Å²) in [6.45, 7) is 8.11. The van der Waals surface area contributed by atoms with E-state index in [0.717, 1.165) is 0 Å². The van der Waals surface area contributed by atoms with Gasteiger partial charge in [-0.15, -0.1) is 0 Å². The SMILES string of the molecule is Cc1cc(C(=O)N2CCN(C(=O)CC(C)C)CC2)on1. The van der Waals surface area contributed by atoms with E-state index in [1.807, 2.05) is 18.7 Å². The standard InChI is InChI=1S/C14H21N3O3/c1-10(2)8-13(18)16-4-6-17(7-5-16)14(19)12-9-11(3)15-20-12/h9-10H,4-8H2,1-3H3. The van der Waals surface area contributed by atoms with Crippen molar-refractivity contribution in [2.75, 3.05) is 26.2 Å². The summed E-state index contributed by atoms with van der Waals surface area (Å²) in [7, 11) is 0. The Hall–Kier alpha value is -1.85. The number of aryl methyl sites for hydroxylation is 1. The van der Waals surface area contributed by atoms with Crippen LogP contribution in [0.15, 0.2) is 10.6 Å². The minimum absolute atomic E-state index is 0.151. The lowest BCUT2D eigenvalue weighted by Crippen LogP contribution is -2.50. The molecule has 0 N–H and O–H groups in total. The Morgan fingerprint density at radius 1 is 1.25 bits per heavy atom. The van der Waals surface area contributed by atoms with Crippen LogP contribution in [-0.2, 0) is 4.79 Å². The van der Waals surface area contributed by atoms with Crippen molar-refractivity contribution >= 4 is 11.8 Å². The number of aromatic nitrogens is 1. The second-order valence-electron chi connectivity index (χ2n) is 5.60. The van der Waals surface area contributed by atoms with Crippen molar-refractivity contribution in [1.82, 2.24) is 15.0 Å². The largest absolute Gasteiger partial charge is 0.351 e. The van der Waals surface area contributed by atoms with Crippen LogP contribution >= 0.6 is 0 Å². The zero-order valence-corrected chi connectivity index (χ0v) is 12.3. The van der Waals surface area contributed by atoms with Crippen LogP contribution in [0.25, 0.3) is 0 Å². The second-order valence-corrected chi connectivity index (χ2v) is 5.60. The molecule has 110 valence electrons. The molecule has 6 heteroatoms. The van der Waals surface area contributed by atoms with Crippen molar-refractivity contribution < 1.29 is 14.1 Å². The smallest absolute Gasteiger partial charge is 0.292 e. The topological polar surface area (TPSA) is 66.7 Å². The molecular weight excluding hydrogens is 258 g/mol. The number of nitrogens with zero attached hydrogens (tertiary/aromatic N) is 3. The first-order chi connectivity index (χ1) is 9.47. The lowest BCUT2D eigenvalue weighted by molar-refractivity contribution is -0.133. The fourth-order valence-corrected chi connectivity index (χ4v) is 2.26. The van der Waals surface area contributed by atoms with Crippen LogP contribution in [0, 0.1) is 12.8 Å². The predicted octanol–water partition coefficient (Wildman–Crippen LogP) is 1.31. The van der Waals surface area contributed by atoms with E-state index in [9.17, 15) is 9.59 Å². The lowest BCUT2D eigenvalue weighted by Gasteiger charge is -2.34. The highest BCUT2D eigenvalue weighted by Gasteiger charge is 2.26. The van der Waals surface area contributed by atoms with Crippen LogP contribution in [0.2, 0.25) is 0 Å². The molecular formula is C14H21N3O3. The van der Waals surface area contributed by atoms with Crippen molar-refractivity contribution in [2.24, 2.45) is 5.92 Å². The van der Waals surface area contributed by atoms with Gasteiger partial charge in [-0.1, -0.05) is 19.0 Å². The van der Waals surface area contributed by atoms with Crippen LogP contribution in [0.3, 0.4) is 0 Å². The quantitative estimate of drug-likeness (QED) is 0.836. The monoisotopic (exact) mass is 279 g/mol. The molecule has 2 heterocycles. The second kappa shape index (κ2) is 6.07. The molecule has 1 aliphatic rings. The van der Waals surface area contributed by atoms with E-state index in [-0.39, 0.29) is 17.6 Å². The molecule has 0 aliphatic carbocycles. The van der Waals surface area contributed by atoms with Gasteiger partial charge in [0.1, 0.15) is 0 Å². The highest BCUT2D eigenvalue weighted by atomic mass is 16.5. The molecule has 1 fully saturated rings. The summed E-state index contributed by atoms with van der Waals surface area (Å²) in [4.78, 5) is 27.6. The summed E-state index contributed by atoms with van der Waals surface area (Å²) in [5.74, 6) is 0.646. The van der Waals surface area contributed by atoms with Gasteiger partial charge in [0.2, 0.25) is 11.7 Å². The molecule has 1 aromatic heterocycles. The summed E-state index contributed by atoms with van der Waals surface area (Å²) in [6.07, 6.45) is 0.565. The number of hydrogen-bond donors (Lipinski definition) is 0. The predicted molar refractivity (Wildman–Crippen MR) is 73.2 cm³/mol. The van der Waals surface area contributed by atoms with Crippen molar-refractivity contribution in [3.05, 3.63) is 17.5 Å². The molecule has 20 heavy (non-hydrogen) atoms. The number of carbonyl (C=O) groups is 2. The molecule has 0 saturated carbocycles. The molecule has 1 aromatic rings. The third-order valence-corrected chi connectivity index (χ3v) is 3.34. The molecule has 2 amide bonds. The first kappa shape index (κ1) is 14.6. The zero-order chi connectivity index (χ0) is 14.7. The van der Waals surface area contributed by atoms with Crippen molar-refractivity contribution in [3.63, 3.8) is 0 Å². The van der Waals surface area contributed by atoms with E-state index in [0.29, 0.717) is 44.2 Å². The van der Waals surface area contributed by atoms with Crippen LogP contribution in [0.4, 0.5) is 0 Å². The Bertz CT molecular complexity index is 488. The average Bonchev–Trinajstić information content (AvgIpc) is 2.84. The maximum atomic E-state index is 12.2. The van der Waals surface area contributed by atoms with Crippen LogP contribution < -0.4 is 0 Å². The highest BCUT2D eigenvalue weighted by Crippen LogP contribution is 2.12. The molecule has 0 atom stereocenters. The van der Waals surface area contributed by atoms with Gasteiger partial charge in [0.05, 0.1) is 5.69 Å². The van der Waals surface area contributed by atoms with E-state index in [1.54, 1.807) is 17.9 Å². The van der Waals surface area contributed by atoms with Gasteiger partial charge < -0.3 is 14.3 Å². The summed E-state index contributed by atoms with van der Waals surface area (Å²) >= 11 is 0. The Labute approximate surface area is 118 Å². The van der Waals surface area contributed by atoms with Gasteiger partial charge in [0, 0.05) is 38.7 Å². The van der Waals surface area contributed by atoms with E-state index >= 15 is 0 Å². The fourth-order valence-electron chi connectivity index (χ4n) is 2.26. The average molecular weight is 279 g/mol. The summed E-state index contributed by atoms with van der Waals surface area (Å²) in [6, 6.07) is 1.64. The minimum Gasteiger partial charge on any atom is -0.351 e. The van der Waals surface area contributed by atoms with E-state index in [1.165, 1.54) is 0 Å². The molecule has 2 rings (SSSR count). The lowest BCUT2D eigenvalue weighted by atomic mass is 10.1. The van der Waals surface area contributed by atoms with Gasteiger partial charge >= 0.3 is 0 Å². The maximum absolute atomic E-state index is 12.2. The van der Waals surface area contributed by atoms with E-state index in [4.69, 9.17) is 4.52 Å². The molecule has 6 nitrogen and oxygen atoms in total. The van der Waals surface area contributed by atoms with Gasteiger partial charge in [-0.05, 0) is 12.8 Å². The number of carbonyl (C=O) groups excluding carboxylic acids is 2. The first-order valence-electron chi connectivity index (χ1n) is 6.97. The Morgan fingerprint density at radius 3 is 2.35 bits per heavy atom. The normalized spacial score (nSPS) is 15.8. The third-order valence-electron chi connectivity index (χ3n) is 3.34. The number of rotatable bonds is 3. The number of hydrogen-bond acceptors (Lipinski definition) is 4. The van der Waals surface area contributed by atoms with Crippen LogP contribution in [-0.4, -0.2) is 52.9 Å². The zero-order valence-electron chi connectivity index (χ0n) is 12.3. The van der Waals surface area contributed by atoms with E-state index in [2.05, 4.69) is 5.16 Å².